The van der Waals surface area contributed by atoms with Crippen LogP contribution in [0, 0.1) is 0 Å². The zero-order valence-electron chi connectivity index (χ0n) is 26.3. The van der Waals surface area contributed by atoms with E-state index < -0.39 is 12.1 Å². The Kier molecular flexibility index (Phi) is 9.33. The minimum atomic E-state index is -0.480. The van der Waals surface area contributed by atoms with Gasteiger partial charge in [0.25, 0.3) is 0 Å². The molecule has 7 rings (SSSR count). The number of aliphatic imine (C=N–C) groups is 4. The highest BCUT2D eigenvalue weighted by molar-refractivity contribution is 6.77. The van der Waals surface area contributed by atoms with Crippen LogP contribution < -0.4 is 10.6 Å². The van der Waals surface area contributed by atoms with Crippen molar-refractivity contribution in [3.05, 3.63) is 182 Å². The van der Waals surface area contributed by atoms with E-state index in [-0.39, 0.29) is 0 Å². The fourth-order valence-corrected chi connectivity index (χ4v) is 5.58. The number of nitrogens with zero attached hydrogens (tertiary/aromatic N) is 4. The molecule has 0 saturated heterocycles. The van der Waals surface area contributed by atoms with Gasteiger partial charge in [-0.3, -0.25) is 4.99 Å². The molecule has 6 heteroatoms. The number of nitrogens with one attached hydrogen (secondary N) is 2. The molecule has 1 fully saturated rings. The summed E-state index contributed by atoms with van der Waals surface area (Å²) in [7, 11) is 0. The molecule has 0 bridgehead atoms. The Balaban J connectivity index is 1.55. The largest absolute Gasteiger partial charge is 0.372 e. The molecule has 1 aliphatic carbocycles. The Morgan fingerprint density at radius 2 is 0.604 bits per heavy atom. The first-order valence-electron chi connectivity index (χ1n) is 16.0. The smallest absolute Gasteiger partial charge is 0.112 e. The molecule has 0 heterocycles. The van der Waals surface area contributed by atoms with E-state index in [1.165, 1.54) is 0 Å². The molecule has 2 unspecified atom stereocenters. The van der Waals surface area contributed by atoms with E-state index in [2.05, 4.69) is 34.9 Å². The topological polar surface area (TPSA) is 73.5 Å². The van der Waals surface area contributed by atoms with Gasteiger partial charge in [-0.15, -0.1) is 0 Å². The summed E-state index contributed by atoms with van der Waals surface area (Å²) < 4.78 is 0. The lowest BCUT2D eigenvalue weighted by Gasteiger charge is -2.36. The van der Waals surface area contributed by atoms with E-state index in [1.807, 2.05) is 158 Å². The van der Waals surface area contributed by atoms with Crippen LogP contribution >= 0.6 is 0 Å². The lowest BCUT2D eigenvalue weighted by Crippen LogP contribution is -2.60. The van der Waals surface area contributed by atoms with Gasteiger partial charge >= 0.3 is 0 Å². The Bertz CT molecular complexity index is 1940. The van der Waals surface area contributed by atoms with E-state index >= 15 is 0 Å². The highest BCUT2D eigenvalue weighted by atomic mass is 15.1. The van der Waals surface area contributed by atoms with Crippen LogP contribution in [-0.2, 0) is 0 Å². The van der Waals surface area contributed by atoms with Crippen molar-refractivity contribution in [2.75, 3.05) is 10.6 Å². The van der Waals surface area contributed by atoms with E-state index in [4.69, 9.17) is 20.0 Å². The first kappa shape index (κ1) is 30.3. The number of rotatable bonds is 8. The minimum Gasteiger partial charge on any atom is -0.372 e. The van der Waals surface area contributed by atoms with E-state index in [1.54, 1.807) is 0 Å². The van der Waals surface area contributed by atoms with Crippen LogP contribution in [0.25, 0.3) is 0 Å². The zero-order chi connectivity index (χ0) is 32.4. The monoisotopic (exact) mass is 622 g/mol. The lowest BCUT2D eigenvalue weighted by atomic mass is 9.82. The van der Waals surface area contributed by atoms with Crippen molar-refractivity contribution in [1.82, 2.24) is 0 Å². The second-order valence-electron chi connectivity index (χ2n) is 11.2. The van der Waals surface area contributed by atoms with Gasteiger partial charge in [0.2, 0.25) is 0 Å². The molecular weight excluding hydrogens is 589 g/mol. The summed E-state index contributed by atoms with van der Waals surface area (Å²) in [4.78, 5) is 21.4. The van der Waals surface area contributed by atoms with Gasteiger partial charge < -0.3 is 10.6 Å². The average molecular weight is 623 g/mol. The molecule has 232 valence electrons. The van der Waals surface area contributed by atoms with Gasteiger partial charge in [0.05, 0.1) is 39.9 Å². The lowest BCUT2D eigenvalue weighted by molar-refractivity contribution is 1.09. The Morgan fingerprint density at radius 1 is 0.312 bits per heavy atom. The molecule has 0 radical (unpaired) electrons. The van der Waals surface area contributed by atoms with Crippen LogP contribution in [0.5, 0.6) is 0 Å². The number of benzene rings is 6. The molecule has 0 amide bonds. The summed E-state index contributed by atoms with van der Waals surface area (Å²) in [6, 6.07) is 59.4. The van der Waals surface area contributed by atoms with Crippen LogP contribution in [0.15, 0.2) is 202 Å². The molecule has 0 aliphatic heterocycles. The van der Waals surface area contributed by atoms with E-state index in [0.29, 0.717) is 17.1 Å². The third-order valence-electron chi connectivity index (χ3n) is 7.82. The van der Waals surface area contributed by atoms with Crippen LogP contribution in [-0.4, -0.2) is 34.9 Å². The van der Waals surface area contributed by atoms with Gasteiger partial charge in [-0.2, -0.15) is 0 Å². The van der Waals surface area contributed by atoms with Crippen molar-refractivity contribution < 1.29 is 0 Å². The first-order chi connectivity index (χ1) is 23.8. The van der Waals surface area contributed by atoms with Gasteiger partial charge in [0.1, 0.15) is 17.8 Å². The summed E-state index contributed by atoms with van der Waals surface area (Å²) in [5, 5.41) is 7.60. The standard InChI is InChI=1S/C42H34N6/c1-7-19-31(20-8-1)43-37-38(44-32-21-9-2-10-22-32)40(46-34-25-13-4-14-26-34)42(48-36-29-17-6-18-30-36)41(47-35-27-15-5-16-28-35)39(37)45-33-23-11-3-12-24-33/h1-30,37,40,43,46H. The van der Waals surface area contributed by atoms with Crippen LogP contribution in [0.3, 0.4) is 0 Å². The van der Waals surface area contributed by atoms with Crippen LogP contribution in [0.4, 0.5) is 34.1 Å². The molecule has 1 saturated carbocycles. The summed E-state index contributed by atoms with van der Waals surface area (Å²) >= 11 is 0. The van der Waals surface area contributed by atoms with Crippen molar-refractivity contribution in [2.24, 2.45) is 20.0 Å². The number of hydrogen-bond donors (Lipinski definition) is 2. The molecule has 6 aromatic rings. The molecular formula is C42H34N6. The summed E-state index contributed by atoms with van der Waals surface area (Å²) in [5.41, 5.74) is 8.02. The first-order valence-corrected chi connectivity index (χ1v) is 16.0. The van der Waals surface area contributed by atoms with Crippen LogP contribution in [0.1, 0.15) is 0 Å². The molecule has 48 heavy (non-hydrogen) atoms. The van der Waals surface area contributed by atoms with Gasteiger partial charge in [0, 0.05) is 11.4 Å². The average Bonchev–Trinajstić information content (AvgIpc) is 3.15. The number of anilines is 2. The molecule has 1 aliphatic rings. The second kappa shape index (κ2) is 14.8. The summed E-state index contributed by atoms with van der Waals surface area (Å²) in [5.74, 6) is 0. The maximum Gasteiger partial charge on any atom is 0.112 e. The van der Waals surface area contributed by atoms with Crippen LogP contribution in [0.2, 0.25) is 0 Å². The number of para-hydroxylation sites is 6. The maximum absolute atomic E-state index is 5.37. The molecule has 0 aromatic heterocycles. The van der Waals surface area contributed by atoms with Gasteiger partial charge in [-0.25, -0.2) is 15.0 Å². The Morgan fingerprint density at radius 3 is 0.958 bits per heavy atom. The Labute approximate surface area is 281 Å². The van der Waals surface area contributed by atoms with Crippen molar-refractivity contribution in [1.29, 1.82) is 0 Å². The van der Waals surface area contributed by atoms with E-state index in [9.17, 15) is 0 Å². The quantitative estimate of drug-likeness (QED) is 0.177. The van der Waals surface area contributed by atoms with Crippen molar-refractivity contribution in [2.45, 2.75) is 12.1 Å². The minimum absolute atomic E-state index is 0.480. The van der Waals surface area contributed by atoms with Crippen molar-refractivity contribution in [3.63, 3.8) is 0 Å². The normalized spacial score (nSPS) is 17.6. The SMILES string of the molecule is c1ccc(N=C2C(=Nc3ccccc3)C(Nc3ccccc3)C(=Nc3ccccc3)C(Nc3ccccc3)C2=Nc2ccccc2)cc1. The number of hydrogen-bond acceptors (Lipinski definition) is 6. The third-order valence-corrected chi connectivity index (χ3v) is 7.82. The van der Waals surface area contributed by atoms with Crippen molar-refractivity contribution >= 4 is 57.0 Å². The highest BCUT2D eigenvalue weighted by Crippen LogP contribution is 2.29. The Hall–Kier alpha value is -6.40. The molecule has 6 aromatic carbocycles. The molecule has 2 atom stereocenters. The fourth-order valence-electron chi connectivity index (χ4n) is 5.58. The van der Waals surface area contributed by atoms with Gasteiger partial charge in [-0.1, -0.05) is 109 Å². The van der Waals surface area contributed by atoms with Gasteiger partial charge in [0.15, 0.2) is 0 Å². The van der Waals surface area contributed by atoms with Crippen molar-refractivity contribution in [3.8, 4) is 0 Å². The molecule has 6 nitrogen and oxygen atoms in total. The van der Waals surface area contributed by atoms with Gasteiger partial charge in [-0.05, 0) is 72.8 Å². The second-order valence-corrected chi connectivity index (χ2v) is 11.2. The summed E-state index contributed by atoms with van der Waals surface area (Å²) in [6.07, 6.45) is 0. The highest BCUT2D eigenvalue weighted by Gasteiger charge is 2.43. The maximum atomic E-state index is 5.37. The molecule has 0 spiro atoms. The predicted octanol–water partition coefficient (Wildman–Crippen LogP) is 10.1. The zero-order valence-corrected chi connectivity index (χ0v) is 26.3. The fraction of sp³-hybridized carbons (Fsp3) is 0.0476. The third kappa shape index (κ3) is 7.35. The summed E-state index contributed by atoms with van der Waals surface area (Å²) in [6.45, 7) is 0. The molecule has 2 N–H and O–H groups in total. The predicted molar refractivity (Wildman–Crippen MR) is 202 cm³/mol. The van der Waals surface area contributed by atoms with E-state index in [0.717, 1.165) is 39.8 Å².